The van der Waals surface area contributed by atoms with Crippen LogP contribution in [0.25, 0.3) is 22.6 Å². The van der Waals surface area contributed by atoms with Crippen molar-refractivity contribution in [1.29, 1.82) is 0 Å². The number of rotatable bonds is 5. The second-order valence-electron chi connectivity index (χ2n) is 8.66. The molecule has 1 aromatic heterocycles. The Labute approximate surface area is 204 Å². The van der Waals surface area contributed by atoms with E-state index in [0.29, 0.717) is 42.1 Å². The first-order chi connectivity index (χ1) is 17.2. The number of carbonyl (C=O) groups excluding carboxylic acids is 2. The lowest BCUT2D eigenvalue weighted by Gasteiger charge is -2.15. The number of fused-ring (bicyclic) bond motifs is 3. The van der Waals surface area contributed by atoms with Gasteiger partial charge in [0, 0.05) is 29.3 Å². The Morgan fingerprint density at radius 1 is 1.22 bits per heavy atom. The highest BCUT2D eigenvalue weighted by Crippen LogP contribution is 2.40. The van der Waals surface area contributed by atoms with E-state index in [1.807, 2.05) is 12.1 Å². The van der Waals surface area contributed by atoms with Gasteiger partial charge in [-0.05, 0) is 55.2 Å². The lowest BCUT2D eigenvalue weighted by Crippen LogP contribution is -2.33. The van der Waals surface area contributed by atoms with Gasteiger partial charge in [0.1, 0.15) is 17.5 Å². The third kappa shape index (κ3) is 4.86. The van der Waals surface area contributed by atoms with Crippen molar-refractivity contribution in [3.63, 3.8) is 0 Å². The molecular weight excluding hydrogens is 479 g/mol. The molecule has 2 aliphatic rings. The lowest BCUT2D eigenvalue weighted by atomic mass is 9.99. The molecule has 1 aliphatic heterocycles. The number of cyclic esters (lactones) is 1. The van der Waals surface area contributed by atoms with Crippen LogP contribution in [0.3, 0.4) is 0 Å². The van der Waals surface area contributed by atoms with Crippen LogP contribution in [0.5, 0.6) is 5.75 Å². The van der Waals surface area contributed by atoms with Crippen molar-refractivity contribution in [3.05, 3.63) is 53.6 Å². The zero-order valence-electron chi connectivity index (χ0n) is 19.2. The molecule has 0 bridgehead atoms. The molecule has 0 saturated carbocycles. The summed E-state index contributed by atoms with van der Waals surface area (Å²) >= 11 is 0. The average Bonchev–Trinajstić information content (AvgIpc) is 3.35. The number of ether oxygens (including phenoxy) is 2. The summed E-state index contributed by atoms with van der Waals surface area (Å²) in [7, 11) is 0. The van der Waals surface area contributed by atoms with Gasteiger partial charge in [0.15, 0.2) is 5.76 Å². The van der Waals surface area contributed by atoms with Crippen LogP contribution in [0.4, 0.5) is 23.7 Å². The van der Waals surface area contributed by atoms with Gasteiger partial charge in [-0.1, -0.05) is 17.3 Å². The highest BCUT2D eigenvalue weighted by Gasteiger charge is 2.34. The van der Waals surface area contributed by atoms with Crippen LogP contribution in [0, 0.1) is 0 Å². The molecule has 3 aromatic rings. The van der Waals surface area contributed by atoms with Crippen molar-refractivity contribution in [3.8, 4) is 28.3 Å². The maximum atomic E-state index is 12.7. The van der Waals surface area contributed by atoms with Gasteiger partial charge < -0.3 is 19.3 Å². The minimum atomic E-state index is -4.79. The van der Waals surface area contributed by atoms with E-state index in [1.54, 1.807) is 12.1 Å². The number of anilines is 1. The van der Waals surface area contributed by atoms with Crippen molar-refractivity contribution >= 4 is 17.7 Å². The van der Waals surface area contributed by atoms with Crippen molar-refractivity contribution in [2.24, 2.45) is 0 Å². The predicted molar refractivity (Wildman–Crippen MR) is 122 cm³/mol. The summed E-state index contributed by atoms with van der Waals surface area (Å²) in [6.45, 7) is 1.95. The summed E-state index contributed by atoms with van der Waals surface area (Å²) < 4.78 is 53.1. The molecule has 1 saturated heterocycles. The number of nitrogens with zero attached hydrogens (tertiary/aromatic N) is 2. The number of aryl methyl sites for hydroxylation is 1. The number of amides is 2. The van der Waals surface area contributed by atoms with Crippen LogP contribution in [-0.4, -0.2) is 42.7 Å². The van der Waals surface area contributed by atoms with Crippen LogP contribution < -0.4 is 15.0 Å². The minimum absolute atomic E-state index is 0.198. The van der Waals surface area contributed by atoms with Crippen LogP contribution in [0.1, 0.15) is 24.5 Å². The highest BCUT2D eigenvalue weighted by molar-refractivity contribution is 5.90. The standard InChI is InChI=1S/C25H22F3N3O5/c1-14(32)29-12-19-13-31(24(33)34-19)17-8-9-20-15(10-17)4-3-7-21-22(30-36-23(20)21)16-5-2-6-18(11-16)35-25(26,27)28/h2,5-6,8-11,19H,3-4,7,12-13H2,1H3,(H,29,32). The summed E-state index contributed by atoms with van der Waals surface area (Å²) in [6.07, 6.45) is -3.63. The summed E-state index contributed by atoms with van der Waals surface area (Å²) in [5, 5.41) is 6.83. The van der Waals surface area contributed by atoms with Crippen molar-refractivity contribution in [1.82, 2.24) is 10.5 Å². The number of carbonyl (C=O) groups is 2. The molecule has 2 amide bonds. The van der Waals surface area contributed by atoms with Crippen molar-refractivity contribution in [2.45, 2.75) is 38.7 Å². The Kier molecular flexibility index (Phi) is 6.07. The molecule has 11 heteroatoms. The molecule has 2 heterocycles. The second-order valence-corrected chi connectivity index (χ2v) is 8.66. The molecule has 1 N–H and O–H groups in total. The molecule has 2 aromatic carbocycles. The first-order valence-electron chi connectivity index (χ1n) is 11.4. The van der Waals surface area contributed by atoms with E-state index in [-0.39, 0.29) is 18.2 Å². The zero-order chi connectivity index (χ0) is 25.4. The maximum Gasteiger partial charge on any atom is 0.573 e. The molecule has 188 valence electrons. The van der Waals surface area contributed by atoms with Gasteiger partial charge >= 0.3 is 12.5 Å². The maximum absolute atomic E-state index is 12.7. The van der Waals surface area contributed by atoms with E-state index >= 15 is 0 Å². The summed E-state index contributed by atoms with van der Waals surface area (Å²) in [6, 6.07) is 11.2. The van der Waals surface area contributed by atoms with E-state index in [9.17, 15) is 22.8 Å². The summed E-state index contributed by atoms with van der Waals surface area (Å²) in [5.74, 6) is 0.0276. The van der Waals surface area contributed by atoms with E-state index in [1.165, 1.54) is 30.0 Å². The van der Waals surface area contributed by atoms with E-state index < -0.39 is 18.6 Å². The Bertz CT molecular complexity index is 1320. The second kappa shape index (κ2) is 9.21. The minimum Gasteiger partial charge on any atom is -0.442 e. The fourth-order valence-corrected chi connectivity index (χ4v) is 4.55. The molecule has 1 atom stereocenters. The number of halogens is 3. The molecule has 5 rings (SSSR count). The van der Waals surface area contributed by atoms with Gasteiger partial charge in [-0.2, -0.15) is 0 Å². The van der Waals surface area contributed by atoms with Gasteiger partial charge in [-0.15, -0.1) is 13.2 Å². The van der Waals surface area contributed by atoms with Crippen molar-refractivity contribution in [2.75, 3.05) is 18.0 Å². The summed E-state index contributed by atoms with van der Waals surface area (Å²) in [5.41, 5.74) is 4.19. The molecule has 0 radical (unpaired) electrons. The Hall–Kier alpha value is -4.02. The Morgan fingerprint density at radius 3 is 2.83 bits per heavy atom. The zero-order valence-corrected chi connectivity index (χ0v) is 19.2. The fourth-order valence-electron chi connectivity index (χ4n) is 4.55. The van der Waals surface area contributed by atoms with Crippen molar-refractivity contribution < 1.29 is 36.8 Å². The number of aromatic nitrogens is 1. The molecule has 8 nitrogen and oxygen atoms in total. The summed E-state index contributed by atoms with van der Waals surface area (Å²) in [4.78, 5) is 25.1. The molecule has 36 heavy (non-hydrogen) atoms. The van der Waals surface area contributed by atoms with Gasteiger partial charge in [0.2, 0.25) is 5.91 Å². The van der Waals surface area contributed by atoms with Gasteiger partial charge in [-0.3, -0.25) is 9.69 Å². The highest BCUT2D eigenvalue weighted by atomic mass is 19.4. The quantitative estimate of drug-likeness (QED) is 0.537. The van der Waals surface area contributed by atoms with Crippen LogP contribution in [0.2, 0.25) is 0 Å². The monoisotopic (exact) mass is 501 g/mol. The first kappa shape index (κ1) is 23.7. The van der Waals surface area contributed by atoms with Gasteiger partial charge in [0.05, 0.1) is 13.1 Å². The smallest absolute Gasteiger partial charge is 0.442 e. The number of alkyl halides is 3. The number of nitrogens with one attached hydrogen (secondary N) is 1. The van der Waals surface area contributed by atoms with Crippen LogP contribution in [0.15, 0.2) is 47.0 Å². The SMILES string of the molecule is CC(=O)NCC1CN(c2ccc3c(c2)CCCc2c(-c4cccc(OC(F)(F)F)c4)noc2-3)C(=O)O1. The predicted octanol–water partition coefficient (Wildman–Crippen LogP) is 4.86. The molecular formula is C25H22F3N3O5. The van der Waals surface area contributed by atoms with Crippen LogP contribution >= 0.6 is 0 Å². The van der Waals surface area contributed by atoms with E-state index in [2.05, 4.69) is 15.2 Å². The first-order valence-corrected chi connectivity index (χ1v) is 11.4. The fraction of sp³-hybridized carbons (Fsp3) is 0.320. The lowest BCUT2D eigenvalue weighted by molar-refractivity contribution is -0.274. The van der Waals surface area contributed by atoms with Crippen LogP contribution in [-0.2, 0) is 22.4 Å². The largest absolute Gasteiger partial charge is 0.573 e. The molecule has 1 aliphatic carbocycles. The van der Waals surface area contributed by atoms with Gasteiger partial charge in [-0.25, -0.2) is 4.79 Å². The molecule has 0 spiro atoms. The van der Waals surface area contributed by atoms with Gasteiger partial charge in [0.25, 0.3) is 0 Å². The molecule has 1 unspecified atom stereocenters. The topological polar surface area (TPSA) is 93.9 Å². The third-order valence-corrected chi connectivity index (χ3v) is 6.10. The number of benzene rings is 2. The Morgan fingerprint density at radius 2 is 2.06 bits per heavy atom. The number of hydrogen-bond donors (Lipinski definition) is 1. The Balaban J connectivity index is 1.42. The van der Waals surface area contributed by atoms with E-state index in [0.717, 1.165) is 23.1 Å². The average molecular weight is 501 g/mol. The third-order valence-electron chi connectivity index (χ3n) is 6.10. The number of hydrogen-bond acceptors (Lipinski definition) is 6. The van der Waals surface area contributed by atoms with E-state index in [4.69, 9.17) is 9.26 Å². The normalized spacial score (nSPS) is 17.2. The molecule has 1 fully saturated rings.